The first-order valence-corrected chi connectivity index (χ1v) is 7.08. The maximum atomic E-state index is 12.7. The van der Waals surface area contributed by atoms with E-state index in [1.165, 1.54) is 12.4 Å². The van der Waals surface area contributed by atoms with E-state index in [-0.39, 0.29) is 11.6 Å². The minimum Gasteiger partial charge on any atom is -0.289 e. The highest BCUT2D eigenvalue weighted by Gasteiger charge is 2.37. The molecule has 3 nitrogen and oxygen atoms in total. The number of rotatable bonds is 0. The monoisotopic (exact) mass is 315 g/mol. The van der Waals surface area contributed by atoms with Gasteiger partial charge in [-0.15, -0.1) is 0 Å². The molecule has 0 unspecified atom stereocenters. The molecule has 2 aliphatic rings. The van der Waals surface area contributed by atoms with Gasteiger partial charge in [0.1, 0.15) is 0 Å². The molecule has 2 aromatic rings. The molecular formula is C16H7Cl2NO2. The Kier molecular flexibility index (Phi) is 2.59. The van der Waals surface area contributed by atoms with Crippen LogP contribution in [0.4, 0.5) is 0 Å². The molecular weight excluding hydrogens is 309 g/mol. The molecule has 4 rings (SSSR count). The van der Waals surface area contributed by atoms with Crippen molar-refractivity contribution in [1.82, 2.24) is 4.98 Å². The van der Waals surface area contributed by atoms with Gasteiger partial charge >= 0.3 is 0 Å². The number of hydrogen-bond donors (Lipinski definition) is 0. The predicted molar refractivity (Wildman–Crippen MR) is 80.0 cm³/mol. The third kappa shape index (κ3) is 1.65. The van der Waals surface area contributed by atoms with Crippen LogP contribution in [0.1, 0.15) is 31.8 Å². The second-order valence-corrected chi connectivity index (χ2v) is 5.85. The number of allylic oxidation sites excluding steroid dienone is 2. The predicted octanol–water partition coefficient (Wildman–Crippen LogP) is 3.78. The van der Waals surface area contributed by atoms with Gasteiger partial charge in [0.25, 0.3) is 0 Å². The van der Waals surface area contributed by atoms with Gasteiger partial charge in [-0.1, -0.05) is 23.2 Å². The summed E-state index contributed by atoms with van der Waals surface area (Å²) >= 11 is 12.1. The largest absolute Gasteiger partial charge is 0.289 e. The van der Waals surface area contributed by atoms with Gasteiger partial charge in [-0.25, -0.2) is 0 Å². The van der Waals surface area contributed by atoms with E-state index in [9.17, 15) is 9.59 Å². The van der Waals surface area contributed by atoms with Crippen molar-refractivity contribution in [2.45, 2.75) is 6.42 Å². The Labute approximate surface area is 130 Å². The molecule has 0 saturated heterocycles. The number of nitrogens with zero attached hydrogens (tertiary/aromatic N) is 1. The smallest absolute Gasteiger partial charge is 0.196 e. The summed E-state index contributed by atoms with van der Waals surface area (Å²) in [4.78, 5) is 29.2. The Hall–Kier alpha value is -1.97. The second kappa shape index (κ2) is 4.26. The Morgan fingerprint density at radius 1 is 0.952 bits per heavy atom. The highest BCUT2D eigenvalue weighted by atomic mass is 35.5. The van der Waals surface area contributed by atoms with Crippen LogP contribution < -0.4 is 0 Å². The molecule has 0 atom stereocenters. The van der Waals surface area contributed by atoms with Crippen molar-refractivity contribution < 1.29 is 9.59 Å². The summed E-state index contributed by atoms with van der Waals surface area (Å²) in [6.07, 6.45) is 3.37. The molecule has 21 heavy (non-hydrogen) atoms. The van der Waals surface area contributed by atoms with E-state index in [0.717, 1.165) is 5.56 Å². The maximum Gasteiger partial charge on any atom is 0.196 e. The molecule has 0 bridgehead atoms. The highest BCUT2D eigenvalue weighted by molar-refractivity contribution is 6.44. The number of ketones is 2. The second-order valence-electron chi connectivity index (χ2n) is 5.03. The topological polar surface area (TPSA) is 47.0 Å². The first kappa shape index (κ1) is 12.7. The van der Waals surface area contributed by atoms with Crippen molar-refractivity contribution in [2.75, 3.05) is 0 Å². The van der Waals surface area contributed by atoms with Crippen LogP contribution in [0.15, 0.2) is 36.2 Å². The first-order chi connectivity index (χ1) is 10.1. The standard InChI is InChI=1S/C16H7Cl2NO2/c17-12-4-7-3-10-14(9(7)5-13(12)18)16(21)11-6-19-2-1-8(11)15(10)20/h1-2,4-6H,3H2. The van der Waals surface area contributed by atoms with Gasteiger partial charge in [0.2, 0.25) is 0 Å². The van der Waals surface area contributed by atoms with Crippen LogP contribution in [0.3, 0.4) is 0 Å². The zero-order valence-electron chi connectivity index (χ0n) is 10.6. The fraction of sp³-hybridized carbons (Fsp3) is 0.0625. The van der Waals surface area contributed by atoms with E-state index in [2.05, 4.69) is 4.98 Å². The molecule has 0 N–H and O–H groups in total. The molecule has 2 aliphatic carbocycles. The molecule has 1 heterocycles. The third-order valence-corrected chi connectivity index (χ3v) is 4.62. The lowest BCUT2D eigenvalue weighted by Gasteiger charge is -2.16. The maximum absolute atomic E-state index is 12.7. The quantitative estimate of drug-likeness (QED) is 0.743. The Morgan fingerprint density at radius 2 is 1.71 bits per heavy atom. The number of carbonyl (C=O) groups excluding carboxylic acids is 2. The van der Waals surface area contributed by atoms with Crippen LogP contribution >= 0.6 is 23.2 Å². The highest BCUT2D eigenvalue weighted by Crippen LogP contribution is 2.43. The number of carbonyl (C=O) groups is 2. The number of hydrogen-bond acceptors (Lipinski definition) is 3. The van der Waals surface area contributed by atoms with Crippen LogP contribution in [0, 0.1) is 0 Å². The van der Waals surface area contributed by atoms with E-state index in [0.29, 0.717) is 44.3 Å². The van der Waals surface area contributed by atoms with Crippen molar-refractivity contribution in [3.05, 3.63) is 68.5 Å². The lowest BCUT2D eigenvalue weighted by Crippen LogP contribution is -2.19. The molecule has 1 aromatic carbocycles. The van der Waals surface area contributed by atoms with Crippen LogP contribution in [0.5, 0.6) is 0 Å². The zero-order chi connectivity index (χ0) is 14.7. The Bertz CT molecular complexity index is 884. The minimum absolute atomic E-state index is 0.120. The molecule has 102 valence electrons. The molecule has 0 radical (unpaired) electrons. The average Bonchev–Trinajstić information content (AvgIpc) is 2.84. The molecule has 0 aliphatic heterocycles. The molecule has 0 amide bonds. The Morgan fingerprint density at radius 3 is 2.52 bits per heavy atom. The molecule has 0 spiro atoms. The van der Waals surface area contributed by atoms with Gasteiger partial charge in [-0.3, -0.25) is 14.6 Å². The fourth-order valence-corrected chi connectivity index (χ4v) is 3.28. The van der Waals surface area contributed by atoms with Gasteiger partial charge < -0.3 is 0 Å². The van der Waals surface area contributed by atoms with E-state index in [1.807, 2.05) is 0 Å². The van der Waals surface area contributed by atoms with Gasteiger partial charge in [0, 0.05) is 35.5 Å². The lowest BCUT2D eigenvalue weighted by molar-refractivity contribution is 0.0991. The fourth-order valence-electron chi connectivity index (χ4n) is 2.93. The lowest BCUT2D eigenvalue weighted by atomic mass is 9.85. The SMILES string of the molecule is O=C1C2=C(C(=O)c3cnccc31)c1cc(Cl)c(Cl)cc1C2. The summed E-state index contributed by atoms with van der Waals surface area (Å²) in [5, 5.41) is 0.802. The average molecular weight is 316 g/mol. The van der Waals surface area contributed by atoms with Crippen LogP contribution in [0.25, 0.3) is 5.57 Å². The molecule has 0 saturated carbocycles. The van der Waals surface area contributed by atoms with Crippen molar-refractivity contribution >= 4 is 40.3 Å². The zero-order valence-corrected chi connectivity index (χ0v) is 12.1. The van der Waals surface area contributed by atoms with E-state index < -0.39 is 0 Å². The molecule has 0 fully saturated rings. The van der Waals surface area contributed by atoms with Crippen LogP contribution in [-0.2, 0) is 6.42 Å². The van der Waals surface area contributed by atoms with Crippen molar-refractivity contribution in [2.24, 2.45) is 0 Å². The molecule has 5 heteroatoms. The summed E-state index contributed by atoms with van der Waals surface area (Å²) in [5.74, 6) is -0.296. The number of pyridine rings is 1. The van der Waals surface area contributed by atoms with Gasteiger partial charge in [-0.2, -0.15) is 0 Å². The summed E-state index contributed by atoms with van der Waals surface area (Å²) in [6, 6.07) is 4.97. The third-order valence-electron chi connectivity index (χ3n) is 3.90. The minimum atomic E-state index is -0.176. The normalized spacial score (nSPS) is 15.9. The summed E-state index contributed by atoms with van der Waals surface area (Å²) in [6.45, 7) is 0. The van der Waals surface area contributed by atoms with Crippen molar-refractivity contribution in [3.63, 3.8) is 0 Å². The number of fused-ring (bicyclic) bond motifs is 3. The van der Waals surface area contributed by atoms with Crippen LogP contribution in [-0.4, -0.2) is 16.6 Å². The summed E-state index contributed by atoms with van der Waals surface area (Å²) in [5.41, 5.74) is 3.28. The van der Waals surface area contributed by atoms with Gasteiger partial charge in [0.15, 0.2) is 11.6 Å². The number of halogens is 2. The number of benzene rings is 1. The van der Waals surface area contributed by atoms with E-state index >= 15 is 0 Å². The van der Waals surface area contributed by atoms with E-state index in [1.54, 1.807) is 18.2 Å². The Balaban J connectivity index is 1.98. The van der Waals surface area contributed by atoms with Crippen molar-refractivity contribution in [1.29, 1.82) is 0 Å². The van der Waals surface area contributed by atoms with Gasteiger partial charge in [-0.05, 0) is 29.3 Å². The van der Waals surface area contributed by atoms with Crippen molar-refractivity contribution in [3.8, 4) is 0 Å². The van der Waals surface area contributed by atoms with Gasteiger partial charge in [0.05, 0.1) is 15.6 Å². The summed E-state index contributed by atoms with van der Waals surface area (Å²) < 4.78 is 0. The number of Topliss-reactive ketones (excluding diaryl/α,β-unsaturated/α-hetero) is 2. The molecule has 1 aromatic heterocycles. The summed E-state index contributed by atoms with van der Waals surface area (Å²) in [7, 11) is 0. The first-order valence-electron chi connectivity index (χ1n) is 6.33. The van der Waals surface area contributed by atoms with E-state index in [4.69, 9.17) is 23.2 Å². The van der Waals surface area contributed by atoms with Crippen LogP contribution in [0.2, 0.25) is 10.0 Å². The number of aromatic nitrogens is 1.